The topological polar surface area (TPSA) is 70.7 Å². The highest BCUT2D eigenvalue weighted by Crippen LogP contribution is 2.36. The largest absolute Gasteiger partial charge is 0.447 e. The summed E-state index contributed by atoms with van der Waals surface area (Å²) < 4.78 is 44.3. The molecule has 2 N–H and O–H groups in total. The van der Waals surface area contributed by atoms with Crippen LogP contribution in [0.5, 0.6) is 0 Å². The van der Waals surface area contributed by atoms with Crippen molar-refractivity contribution in [3.05, 3.63) is 59.7 Å². The average molecular weight is 435 g/mol. The summed E-state index contributed by atoms with van der Waals surface area (Å²) in [5, 5.41) is 5.46. The minimum Gasteiger partial charge on any atom is -0.447 e. The van der Waals surface area contributed by atoms with Crippen LogP contribution in [-0.4, -0.2) is 25.3 Å². The number of ether oxygens (including phenoxy) is 1. The quantitative estimate of drug-likeness (QED) is 0.660. The molecule has 9 heteroatoms. The van der Waals surface area contributed by atoms with Crippen molar-refractivity contribution < 1.29 is 27.5 Å². The number of benzene rings is 2. The SMILES string of the molecule is CC(C)(C)C(NC(=O)Nc1cccc(N2CCOC2=O)c1)c1cccc(C(F)(F)F)c1. The second kappa shape index (κ2) is 8.49. The van der Waals surface area contributed by atoms with E-state index in [1.807, 2.05) is 20.8 Å². The van der Waals surface area contributed by atoms with Crippen molar-refractivity contribution in [2.75, 3.05) is 23.4 Å². The van der Waals surface area contributed by atoms with E-state index < -0.39 is 35.3 Å². The lowest BCUT2D eigenvalue weighted by Crippen LogP contribution is -2.39. The Morgan fingerprint density at radius 3 is 2.42 bits per heavy atom. The number of hydrogen-bond donors (Lipinski definition) is 2. The van der Waals surface area contributed by atoms with Crippen LogP contribution in [0.25, 0.3) is 0 Å². The van der Waals surface area contributed by atoms with Crippen molar-refractivity contribution in [1.82, 2.24) is 5.32 Å². The van der Waals surface area contributed by atoms with Crippen molar-refractivity contribution in [3.63, 3.8) is 0 Å². The maximum atomic E-state index is 13.1. The zero-order valence-electron chi connectivity index (χ0n) is 17.4. The first-order chi connectivity index (χ1) is 14.4. The van der Waals surface area contributed by atoms with Gasteiger partial charge in [0.2, 0.25) is 0 Å². The van der Waals surface area contributed by atoms with E-state index in [9.17, 15) is 22.8 Å². The van der Waals surface area contributed by atoms with E-state index >= 15 is 0 Å². The number of nitrogens with zero attached hydrogens (tertiary/aromatic N) is 1. The Labute approximate surface area is 178 Å². The van der Waals surface area contributed by atoms with Gasteiger partial charge in [-0.1, -0.05) is 39.0 Å². The normalized spacial score (nSPS) is 15.4. The van der Waals surface area contributed by atoms with Gasteiger partial charge in [-0.2, -0.15) is 13.2 Å². The van der Waals surface area contributed by atoms with Crippen molar-refractivity contribution in [3.8, 4) is 0 Å². The molecule has 1 heterocycles. The monoisotopic (exact) mass is 435 g/mol. The van der Waals surface area contributed by atoms with Gasteiger partial charge in [-0.25, -0.2) is 9.59 Å². The lowest BCUT2D eigenvalue weighted by molar-refractivity contribution is -0.137. The third-order valence-electron chi connectivity index (χ3n) is 4.87. The van der Waals surface area contributed by atoms with Crippen LogP contribution in [0.2, 0.25) is 0 Å². The van der Waals surface area contributed by atoms with Crippen molar-refractivity contribution in [2.24, 2.45) is 5.41 Å². The van der Waals surface area contributed by atoms with Gasteiger partial charge in [0.1, 0.15) is 6.61 Å². The summed E-state index contributed by atoms with van der Waals surface area (Å²) in [6, 6.07) is 10.4. The van der Waals surface area contributed by atoms with E-state index in [1.165, 1.54) is 11.0 Å². The van der Waals surface area contributed by atoms with Crippen LogP contribution < -0.4 is 15.5 Å². The molecule has 1 aliphatic rings. The molecule has 1 unspecified atom stereocenters. The smallest absolute Gasteiger partial charge is 0.416 e. The predicted molar refractivity (Wildman–Crippen MR) is 111 cm³/mol. The van der Waals surface area contributed by atoms with Crippen LogP contribution >= 0.6 is 0 Å². The van der Waals surface area contributed by atoms with Crippen LogP contribution in [0.3, 0.4) is 0 Å². The first-order valence-corrected chi connectivity index (χ1v) is 9.74. The molecular formula is C22H24F3N3O3. The van der Waals surface area contributed by atoms with Gasteiger partial charge in [0.15, 0.2) is 0 Å². The van der Waals surface area contributed by atoms with Gasteiger partial charge in [-0.3, -0.25) is 4.90 Å². The molecule has 0 spiro atoms. The Morgan fingerprint density at radius 1 is 1.10 bits per heavy atom. The number of hydrogen-bond acceptors (Lipinski definition) is 3. The van der Waals surface area contributed by atoms with Gasteiger partial charge in [0.05, 0.1) is 18.2 Å². The first-order valence-electron chi connectivity index (χ1n) is 9.74. The van der Waals surface area contributed by atoms with Crippen LogP contribution in [0, 0.1) is 5.41 Å². The maximum absolute atomic E-state index is 13.1. The number of halogens is 3. The summed E-state index contributed by atoms with van der Waals surface area (Å²) in [6.45, 7) is 6.20. The van der Waals surface area contributed by atoms with Crippen LogP contribution in [0.4, 0.5) is 34.1 Å². The van der Waals surface area contributed by atoms with Gasteiger partial charge < -0.3 is 15.4 Å². The molecule has 31 heavy (non-hydrogen) atoms. The van der Waals surface area contributed by atoms with Gasteiger partial charge in [0.25, 0.3) is 0 Å². The van der Waals surface area contributed by atoms with Crippen molar-refractivity contribution in [1.29, 1.82) is 0 Å². The fourth-order valence-electron chi connectivity index (χ4n) is 3.37. The van der Waals surface area contributed by atoms with Gasteiger partial charge in [-0.15, -0.1) is 0 Å². The highest BCUT2D eigenvalue weighted by molar-refractivity contribution is 5.93. The van der Waals surface area contributed by atoms with Crippen molar-refractivity contribution in [2.45, 2.75) is 33.0 Å². The Morgan fingerprint density at radius 2 is 1.81 bits per heavy atom. The average Bonchev–Trinajstić information content (AvgIpc) is 3.11. The van der Waals surface area contributed by atoms with E-state index in [2.05, 4.69) is 10.6 Å². The van der Waals surface area contributed by atoms with Crippen LogP contribution in [0.15, 0.2) is 48.5 Å². The van der Waals surface area contributed by atoms with Crippen LogP contribution in [-0.2, 0) is 10.9 Å². The van der Waals surface area contributed by atoms with Gasteiger partial charge in [0, 0.05) is 11.4 Å². The van der Waals surface area contributed by atoms with Crippen molar-refractivity contribution >= 4 is 23.5 Å². The number of anilines is 2. The molecule has 0 aliphatic carbocycles. The zero-order valence-corrected chi connectivity index (χ0v) is 17.4. The van der Waals surface area contributed by atoms with Crippen LogP contribution in [0.1, 0.15) is 37.9 Å². The molecule has 166 valence electrons. The number of carbonyl (C=O) groups excluding carboxylic acids is 2. The second-order valence-corrected chi connectivity index (χ2v) is 8.34. The van der Waals surface area contributed by atoms with E-state index in [0.29, 0.717) is 30.1 Å². The fraction of sp³-hybridized carbons (Fsp3) is 0.364. The molecule has 1 fully saturated rings. The molecule has 0 saturated carbocycles. The van der Waals surface area contributed by atoms with Gasteiger partial charge >= 0.3 is 18.3 Å². The Hall–Kier alpha value is -3.23. The molecule has 0 aromatic heterocycles. The third kappa shape index (κ3) is 5.48. The highest BCUT2D eigenvalue weighted by atomic mass is 19.4. The maximum Gasteiger partial charge on any atom is 0.416 e. The molecule has 3 amide bonds. The summed E-state index contributed by atoms with van der Waals surface area (Å²) >= 11 is 0. The summed E-state index contributed by atoms with van der Waals surface area (Å²) in [5.74, 6) is 0. The molecular weight excluding hydrogens is 411 g/mol. The number of carbonyl (C=O) groups is 2. The highest BCUT2D eigenvalue weighted by Gasteiger charge is 2.33. The molecule has 1 aliphatic heterocycles. The number of amides is 3. The number of rotatable bonds is 4. The Bertz CT molecular complexity index is 970. The number of cyclic esters (lactones) is 1. The third-order valence-corrected chi connectivity index (χ3v) is 4.87. The first kappa shape index (κ1) is 22.5. The second-order valence-electron chi connectivity index (χ2n) is 8.34. The van der Waals surface area contributed by atoms with E-state index in [0.717, 1.165) is 12.1 Å². The fourth-order valence-corrected chi connectivity index (χ4v) is 3.37. The van der Waals surface area contributed by atoms with E-state index in [-0.39, 0.29) is 0 Å². The van der Waals surface area contributed by atoms with Gasteiger partial charge in [-0.05, 0) is 41.3 Å². The molecule has 0 radical (unpaired) electrons. The minimum absolute atomic E-state index is 0.293. The summed E-state index contributed by atoms with van der Waals surface area (Å²) in [6.07, 6.45) is -4.93. The number of alkyl halides is 3. The summed E-state index contributed by atoms with van der Waals surface area (Å²) in [5.41, 5.74) is 0.0394. The summed E-state index contributed by atoms with van der Waals surface area (Å²) in [4.78, 5) is 25.9. The lowest BCUT2D eigenvalue weighted by atomic mass is 9.82. The standard InChI is InChI=1S/C22H24F3N3O3/c1-21(2,3)18(14-6-4-7-15(12-14)22(23,24)25)27-19(29)26-16-8-5-9-17(13-16)28-10-11-31-20(28)30/h4-9,12-13,18H,10-11H2,1-3H3,(H2,26,27,29). The Balaban J connectivity index is 1.78. The number of urea groups is 1. The number of nitrogens with one attached hydrogen (secondary N) is 2. The molecule has 2 aromatic carbocycles. The zero-order chi connectivity index (χ0) is 22.8. The Kier molecular flexibility index (Phi) is 6.15. The predicted octanol–water partition coefficient (Wildman–Crippen LogP) is 5.57. The molecule has 6 nitrogen and oxygen atoms in total. The van der Waals surface area contributed by atoms with E-state index in [4.69, 9.17) is 4.74 Å². The molecule has 1 saturated heterocycles. The molecule has 0 bridgehead atoms. The molecule has 2 aromatic rings. The molecule has 3 rings (SSSR count). The summed E-state index contributed by atoms with van der Waals surface area (Å²) in [7, 11) is 0. The minimum atomic E-state index is -4.47. The lowest BCUT2D eigenvalue weighted by Gasteiger charge is -2.32. The molecule has 1 atom stereocenters. The van der Waals surface area contributed by atoms with E-state index in [1.54, 1.807) is 30.3 Å².